The van der Waals surface area contributed by atoms with Crippen LogP contribution in [-0.2, 0) is 0 Å². The topological polar surface area (TPSA) is 3.24 Å². The van der Waals surface area contributed by atoms with Crippen LogP contribution >= 0.6 is 0 Å². The summed E-state index contributed by atoms with van der Waals surface area (Å²) in [5.74, 6) is 0. The molecule has 1 atom stereocenters. The molecule has 80 valence electrons. The van der Waals surface area contributed by atoms with E-state index in [1.165, 1.54) is 6.42 Å². The molecule has 1 fully saturated rings. The highest BCUT2D eigenvalue weighted by Gasteiger charge is 2.20. The van der Waals surface area contributed by atoms with Crippen LogP contribution in [0, 0.1) is 0 Å². The first-order valence-electron chi connectivity index (χ1n) is 5.22. The van der Waals surface area contributed by atoms with Crippen molar-refractivity contribution in [1.29, 1.82) is 0 Å². The molecule has 0 aromatic carbocycles. The van der Waals surface area contributed by atoms with Gasteiger partial charge in [-0.05, 0) is 26.3 Å². The third-order valence-corrected chi connectivity index (χ3v) is 2.31. The van der Waals surface area contributed by atoms with Crippen molar-refractivity contribution < 1.29 is 8.78 Å². The average molecular weight is 193 g/mol. The molecule has 1 heterocycles. The second-order valence-corrected chi connectivity index (χ2v) is 3.23. The van der Waals surface area contributed by atoms with E-state index in [1.807, 2.05) is 25.7 Å². The van der Waals surface area contributed by atoms with Crippen molar-refractivity contribution in [3.63, 3.8) is 0 Å². The molecule has 1 unspecified atom stereocenters. The van der Waals surface area contributed by atoms with Crippen LogP contribution in [0.2, 0.25) is 0 Å². The zero-order valence-electron chi connectivity index (χ0n) is 8.89. The summed E-state index contributed by atoms with van der Waals surface area (Å²) in [7, 11) is 0. The number of hydrogen-bond acceptors (Lipinski definition) is 1. The second kappa shape index (κ2) is 7.25. The Morgan fingerprint density at radius 1 is 1.31 bits per heavy atom. The number of likely N-dealkylation sites (tertiary alicyclic amines) is 1. The van der Waals surface area contributed by atoms with Gasteiger partial charge in [-0.1, -0.05) is 20.3 Å². The lowest BCUT2D eigenvalue weighted by Gasteiger charge is -2.32. The van der Waals surface area contributed by atoms with Crippen LogP contribution in [0.25, 0.3) is 0 Å². The minimum atomic E-state index is -2.17. The fraction of sp³-hybridized carbons (Fsp3) is 1.00. The van der Waals surface area contributed by atoms with Crippen molar-refractivity contribution in [3.05, 3.63) is 0 Å². The molecule has 0 aromatic rings. The van der Waals surface area contributed by atoms with Gasteiger partial charge in [-0.25, -0.2) is 8.78 Å². The fourth-order valence-electron chi connectivity index (χ4n) is 1.61. The molecule has 13 heavy (non-hydrogen) atoms. The third-order valence-electron chi connectivity index (χ3n) is 2.31. The highest BCUT2D eigenvalue weighted by atomic mass is 19.3. The summed E-state index contributed by atoms with van der Waals surface area (Å²) in [5.41, 5.74) is 0. The van der Waals surface area contributed by atoms with Crippen molar-refractivity contribution in [2.75, 3.05) is 13.1 Å². The summed E-state index contributed by atoms with van der Waals surface area (Å²) in [6, 6.07) is 0.359. The second-order valence-electron chi connectivity index (χ2n) is 3.23. The predicted molar refractivity (Wildman–Crippen MR) is 52.2 cm³/mol. The summed E-state index contributed by atoms with van der Waals surface area (Å²) in [5, 5.41) is 0. The normalized spacial score (nSPS) is 24.0. The Bertz CT molecular complexity index is 117. The summed E-state index contributed by atoms with van der Waals surface area (Å²) in [6.45, 7) is 6.84. The van der Waals surface area contributed by atoms with Gasteiger partial charge in [0, 0.05) is 6.04 Å². The van der Waals surface area contributed by atoms with Crippen molar-refractivity contribution >= 4 is 0 Å². The lowest BCUT2D eigenvalue weighted by molar-refractivity contribution is 0.0546. The highest BCUT2D eigenvalue weighted by molar-refractivity contribution is 4.73. The first-order valence-corrected chi connectivity index (χ1v) is 5.22. The smallest absolute Gasteiger partial charge is 0.251 e. The molecule has 0 aliphatic carbocycles. The molecule has 1 rings (SSSR count). The first kappa shape index (κ1) is 12.8. The van der Waals surface area contributed by atoms with Gasteiger partial charge in [-0.2, -0.15) is 0 Å². The summed E-state index contributed by atoms with van der Waals surface area (Å²) in [4.78, 5) is 1.88. The van der Waals surface area contributed by atoms with Crippen LogP contribution in [0.3, 0.4) is 0 Å². The number of halogens is 2. The molecule has 1 aliphatic heterocycles. The van der Waals surface area contributed by atoms with Gasteiger partial charge in [0.15, 0.2) is 0 Å². The minimum absolute atomic E-state index is 0.0405. The summed E-state index contributed by atoms with van der Waals surface area (Å²) >= 11 is 0. The van der Waals surface area contributed by atoms with Gasteiger partial charge in [0.1, 0.15) is 0 Å². The van der Waals surface area contributed by atoms with Crippen LogP contribution in [0.5, 0.6) is 0 Å². The van der Waals surface area contributed by atoms with Crippen molar-refractivity contribution in [1.82, 2.24) is 4.90 Å². The Morgan fingerprint density at radius 3 is 2.38 bits per heavy atom. The Hall–Kier alpha value is -0.180. The van der Waals surface area contributed by atoms with Crippen LogP contribution in [0.15, 0.2) is 0 Å². The van der Waals surface area contributed by atoms with Gasteiger partial charge in [0.05, 0.1) is 6.54 Å². The largest absolute Gasteiger partial charge is 0.295 e. The van der Waals surface area contributed by atoms with Gasteiger partial charge in [-0.15, -0.1) is 0 Å². The third kappa shape index (κ3) is 5.19. The molecule has 0 bridgehead atoms. The Morgan fingerprint density at radius 2 is 1.92 bits per heavy atom. The average Bonchev–Trinajstić information content (AvgIpc) is 2.12. The SMILES string of the molecule is CC.CC1CCCCN1CC(F)F. The summed E-state index contributed by atoms with van der Waals surface area (Å²) in [6.07, 6.45) is 1.18. The highest BCUT2D eigenvalue weighted by Crippen LogP contribution is 2.16. The van der Waals surface area contributed by atoms with Gasteiger partial charge in [0.2, 0.25) is 0 Å². The zero-order valence-corrected chi connectivity index (χ0v) is 8.89. The zero-order chi connectivity index (χ0) is 10.3. The standard InChI is InChI=1S/C8H15F2N.C2H6/c1-7-4-2-3-5-11(7)6-8(9)10;1-2/h7-8H,2-6H2,1H3;1-2H3. The predicted octanol–water partition coefficient (Wildman–Crippen LogP) is 3.15. The van der Waals surface area contributed by atoms with E-state index < -0.39 is 6.43 Å². The van der Waals surface area contributed by atoms with Crippen LogP contribution < -0.4 is 0 Å². The molecule has 0 radical (unpaired) electrons. The van der Waals surface area contributed by atoms with E-state index in [2.05, 4.69) is 0 Å². The van der Waals surface area contributed by atoms with Gasteiger partial charge < -0.3 is 0 Å². The van der Waals surface area contributed by atoms with Crippen LogP contribution in [0.4, 0.5) is 8.78 Å². The lowest BCUT2D eigenvalue weighted by Crippen LogP contribution is -2.40. The molecule has 0 N–H and O–H groups in total. The van der Waals surface area contributed by atoms with E-state index in [0.29, 0.717) is 6.04 Å². The molecule has 1 nitrogen and oxygen atoms in total. The number of nitrogens with zero attached hydrogens (tertiary/aromatic N) is 1. The van der Waals surface area contributed by atoms with Gasteiger partial charge >= 0.3 is 0 Å². The Labute approximate surface area is 80.1 Å². The molecule has 1 aliphatic rings. The monoisotopic (exact) mass is 193 g/mol. The van der Waals surface area contributed by atoms with E-state index in [1.54, 1.807) is 0 Å². The molecular formula is C10H21F2N. The van der Waals surface area contributed by atoms with Gasteiger partial charge in [0.25, 0.3) is 6.43 Å². The molecule has 0 saturated carbocycles. The van der Waals surface area contributed by atoms with Gasteiger partial charge in [-0.3, -0.25) is 4.90 Å². The van der Waals surface area contributed by atoms with E-state index in [4.69, 9.17) is 0 Å². The van der Waals surface area contributed by atoms with Crippen molar-refractivity contribution in [2.45, 2.75) is 52.5 Å². The maximum absolute atomic E-state index is 12.0. The van der Waals surface area contributed by atoms with Crippen LogP contribution in [0.1, 0.15) is 40.0 Å². The number of piperidine rings is 1. The Balaban J connectivity index is 0.000000671. The van der Waals surface area contributed by atoms with E-state index in [-0.39, 0.29) is 6.54 Å². The fourth-order valence-corrected chi connectivity index (χ4v) is 1.61. The molecular weight excluding hydrogens is 172 g/mol. The Kier molecular flexibility index (Phi) is 7.14. The molecule has 3 heteroatoms. The number of hydrogen-bond donors (Lipinski definition) is 0. The van der Waals surface area contributed by atoms with E-state index in [9.17, 15) is 8.78 Å². The first-order chi connectivity index (χ1) is 6.20. The number of alkyl halides is 2. The molecule has 0 amide bonds. The summed E-state index contributed by atoms with van der Waals surface area (Å²) < 4.78 is 23.9. The molecule has 0 spiro atoms. The lowest BCUT2D eigenvalue weighted by atomic mass is 10.0. The quantitative estimate of drug-likeness (QED) is 0.651. The number of rotatable bonds is 2. The molecule has 1 saturated heterocycles. The van der Waals surface area contributed by atoms with Crippen molar-refractivity contribution in [2.24, 2.45) is 0 Å². The van der Waals surface area contributed by atoms with E-state index in [0.717, 1.165) is 19.4 Å². The van der Waals surface area contributed by atoms with Crippen molar-refractivity contribution in [3.8, 4) is 0 Å². The van der Waals surface area contributed by atoms with E-state index >= 15 is 0 Å². The minimum Gasteiger partial charge on any atom is -0.295 e. The maximum Gasteiger partial charge on any atom is 0.251 e. The maximum atomic E-state index is 12.0. The van der Waals surface area contributed by atoms with Crippen LogP contribution in [-0.4, -0.2) is 30.5 Å². The molecule has 0 aromatic heterocycles.